The Labute approximate surface area is 204 Å². The standard InChI is InChI=1S/C26H30ClN5O2/c27-20-9-7-19(8-10-20)25-23(31-13-5-2-6-24(31)28-25)16-29-14-21-17-34-18-22(15-29)32(21)26(33)30-11-3-1-4-12-30/h2,5-10,13,21-22H,1,3-4,11-12,14-18H2. The molecule has 3 aromatic rings. The molecule has 3 fully saturated rings. The zero-order chi connectivity index (χ0) is 23.1. The second-order valence-corrected chi connectivity index (χ2v) is 10.1. The van der Waals surface area contributed by atoms with Crippen LogP contribution < -0.4 is 0 Å². The minimum Gasteiger partial charge on any atom is -0.377 e. The van der Waals surface area contributed by atoms with Crippen LogP contribution in [0.15, 0.2) is 48.7 Å². The van der Waals surface area contributed by atoms with Crippen LogP contribution in [0.3, 0.4) is 0 Å². The molecule has 3 saturated heterocycles. The molecular formula is C26H30ClN5O2. The van der Waals surface area contributed by atoms with E-state index in [1.807, 2.05) is 47.4 Å². The number of aromatic nitrogens is 2. The van der Waals surface area contributed by atoms with Gasteiger partial charge in [0.2, 0.25) is 0 Å². The van der Waals surface area contributed by atoms with E-state index in [0.29, 0.717) is 13.2 Å². The average Bonchev–Trinajstić information content (AvgIpc) is 3.22. The maximum atomic E-state index is 13.4. The van der Waals surface area contributed by atoms with Crippen molar-refractivity contribution in [2.24, 2.45) is 0 Å². The number of fused-ring (bicyclic) bond motifs is 3. The first-order valence-electron chi connectivity index (χ1n) is 12.3. The van der Waals surface area contributed by atoms with E-state index in [1.165, 1.54) is 6.42 Å². The lowest BCUT2D eigenvalue weighted by molar-refractivity contribution is -0.0825. The number of benzene rings is 1. The van der Waals surface area contributed by atoms with Gasteiger partial charge in [-0.2, -0.15) is 0 Å². The van der Waals surface area contributed by atoms with Gasteiger partial charge >= 0.3 is 6.03 Å². The highest BCUT2D eigenvalue weighted by molar-refractivity contribution is 6.30. The van der Waals surface area contributed by atoms with Gasteiger partial charge in [0.1, 0.15) is 5.65 Å². The highest BCUT2D eigenvalue weighted by Gasteiger charge is 2.42. The number of rotatable bonds is 3. The lowest BCUT2D eigenvalue weighted by Crippen LogP contribution is -2.68. The molecule has 0 N–H and O–H groups in total. The predicted molar refractivity (Wildman–Crippen MR) is 132 cm³/mol. The van der Waals surface area contributed by atoms with Crippen molar-refractivity contribution in [3.8, 4) is 11.3 Å². The van der Waals surface area contributed by atoms with E-state index in [2.05, 4.69) is 20.4 Å². The van der Waals surface area contributed by atoms with Crippen LogP contribution in [0, 0.1) is 0 Å². The van der Waals surface area contributed by atoms with Crippen molar-refractivity contribution in [2.45, 2.75) is 37.9 Å². The molecule has 0 saturated carbocycles. The molecule has 3 aliphatic heterocycles. The lowest BCUT2D eigenvalue weighted by atomic mass is 10.0. The van der Waals surface area contributed by atoms with Gasteiger partial charge in [0.05, 0.1) is 36.7 Å². The summed E-state index contributed by atoms with van der Waals surface area (Å²) in [5, 5.41) is 0.719. The number of pyridine rings is 1. The molecule has 8 heteroatoms. The highest BCUT2D eigenvalue weighted by atomic mass is 35.5. The maximum Gasteiger partial charge on any atom is 0.320 e. The number of halogens is 1. The summed E-state index contributed by atoms with van der Waals surface area (Å²) in [5.74, 6) is 0. The average molecular weight is 480 g/mol. The Morgan fingerprint density at radius 3 is 2.47 bits per heavy atom. The van der Waals surface area contributed by atoms with Gasteiger partial charge in [0, 0.05) is 49.5 Å². The number of ether oxygens (including phenoxy) is 1. The first kappa shape index (κ1) is 21.9. The monoisotopic (exact) mass is 479 g/mol. The molecule has 34 heavy (non-hydrogen) atoms. The minimum absolute atomic E-state index is 0.0834. The van der Waals surface area contributed by atoms with E-state index in [0.717, 1.165) is 73.2 Å². The minimum atomic E-state index is 0.0834. The Morgan fingerprint density at radius 1 is 1.00 bits per heavy atom. The number of morpholine rings is 1. The molecule has 2 aromatic heterocycles. The molecule has 178 valence electrons. The molecule has 1 aromatic carbocycles. The number of carbonyl (C=O) groups excluding carboxylic acids is 1. The third-order valence-electron chi connectivity index (χ3n) is 7.31. The first-order chi connectivity index (χ1) is 16.7. The van der Waals surface area contributed by atoms with Gasteiger partial charge in [0.25, 0.3) is 0 Å². The molecule has 2 unspecified atom stereocenters. The molecule has 5 heterocycles. The van der Waals surface area contributed by atoms with Crippen molar-refractivity contribution in [1.82, 2.24) is 24.1 Å². The largest absolute Gasteiger partial charge is 0.377 e. The summed E-state index contributed by atoms with van der Waals surface area (Å²) in [5.41, 5.74) is 4.14. The van der Waals surface area contributed by atoms with Crippen LogP contribution in [-0.4, -0.2) is 81.6 Å². The maximum absolute atomic E-state index is 13.4. The normalized spacial score (nSPS) is 23.4. The molecule has 0 radical (unpaired) electrons. The van der Waals surface area contributed by atoms with E-state index in [9.17, 15) is 4.79 Å². The topological polar surface area (TPSA) is 53.3 Å². The Bertz CT molecular complexity index is 1160. The number of hydrogen-bond acceptors (Lipinski definition) is 4. The third kappa shape index (κ3) is 4.06. The number of likely N-dealkylation sites (tertiary alicyclic amines) is 1. The molecule has 6 rings (SSSR count). The molecule has 2 atom stereocenters. The molecule has 0 spiro atoms. The van der Waals surface area contributed by atoms with Gasteiger partial charge in [-0.3, -0.25) is 4.90 Å². The Kier molecular flexibility index (Phi) is 5.93. The fraction of sp³-hybridized carbons (Fsp3) is 0.462. The molecule has 7 nitrogen and oxygen atoms in total. The van der Waals surface area contributed by atoms with Crippen LogP contribution >= 0.6 is 11.6 Å². The Balaban J connectivity index is 1.27. The van der Waals surface area contributed by atoms with Crippen molar-refractivity contribution in [1.29, 1.82) is 0 Å². The van der Waals surface area contributed by atoms with E-state index in [4.69, 9.17) is 21.3 Å². The fourth-order valence-corrected chi connectivity index (χ4v) is 5.82. The number of urea groups is 1. The number of piperidine rings is 1. The summed E-state index contributed by atoms with van der Waals surface area (Å²) in [7, 11) is 0. The number of carbonyl (C=O) groups is 1. The van der Waals surface area contributed by atoms with Gasteiger partial charge in [-0.15, -0.1) is 0 Å². The zero-order valence-corrected chi connectivity index (χ0v) is 20.0. The van der Waals surface area contributed by atoms with Crippen LogP contribution in [0.1, 0.15) is 25.0 Å². The van der Waals surface area contributed by atoms with Crippen molar-refractivity contribution in [2.75, 3.05) is 39.4 Å². The summed E-state index contributed by atoms with van der Waals surface area (Å²) >= 11 is 6.14. The van der Waals surface area contributed by atoms with E-state index in [1.54, 1.807) is 0 Å². The smallest absolute Gasteiger partial charge is 0.320 e. The van der Waals surface area contributed by atoms with Crippen molar-refractivity contribution in [3.63, 3.8) is 0 Å². The summed E-state index contributed by atoms with van der Waals surface area (Å²) < 4.78 is 8.08. The number of hydrogen-bond donors (Lipinski definition) is 0. The molecule has 3 aliphatic rings. The van der Waals surface area contributed by atoms with Gasteiger partial charge in [-0.05, 0) is 43.5 Å². The van der Waals surface area contributed by atoms with Gasteiger partial charge in [-0.1, -0.05) is 29.8 Å². The van der Waals surface area contributed by atoms with Gasteiger partial charge < -0.3 is 18.9 Å². The van der Waals surface area contributed by atoms with E-state index < -0.39 is 0 Å². The molecule has 2 amide bonds. The van der Waals surface area contributed by atoms with Crippen LogP contribution in [0.5, 0.6) is 0 Å². The lowest BCUT2D eigenvalue weighted by Gasteiger charge is -2.51. The fourth-order valence-electron chi connectivity index (χ4n) is 5.69. The number of amides is 2. The molecule has 2 bridgehead atoms. The van der Waals surface area contributed by atoms with Crippen LogP contribution in [0.4, 0.5) is 4.79 Å². The van der Waals surface area contributed by atoms with Crippen LogP contribution in [-0.2, 0) is 11.3 Å². The number of imidazole rings is 1. The SMILES string of the molecule is O=C(N1CCCCC1)N1C2COCC1CN(Cc1c(-c3ccc(Cl)cc3)nc3ccccn13)C2. The number of nitrogens with zero attached hydrogens (tertiary/aromatic N) is 5. The summed E-state index contributed by atoms with van der Waals surface area (Å²) in [6.07, 6.45) is 5.53. The second-order valence-electron chi connectivity index (χ2n) is 9.62. The number of piperazine rings is 1. The van der Waals surface area contributed by atoms with Crippen molar-refractivity contribution >= 4 is 23.3 Å². The highest BCUT2D eigenvalue weighted by Crippen LogP contribution is 2.30. The first-order valence-corrected chi connectivity index (χ1v) is 12.6. The zero-order valence-electron chi connectivity index (χ0n) is 19.3. The van der Waals surface area contributed by atoms with Crippen LogP contribution in [0.25, 0.3) is 16.9 Å². The van der Waals surface area contributed by atoms with Crippen LogP contribution in [0.2, 0.25) is 5.02 Å². The van der Waals surface area contributed by atoms with E-state index >= 15 is 0 Å². The molecule has 0 aliphatic carbocycles. The molecular weight excluding hydrogens is 450 g/mol. The Hall–Kier alpha value is -2.61. The summed E-state index contributed by atoms with van der Waals surface area (Å²) in [4.78, 5) is 25.0. The quantitative estimate of drug-likeness (QED) is 0.566. The van der Waals surface area contributed by atoms with Crippen molar-refractivity contribution < 1.29 is 9.53 Å². The summed E-state index contributed by atoms with van der Waals surface area (Å²) in [6, 6.07) is 14.4. The predicted octanol–water partition coefficient (Wildman–Crippen LogP) is 4.15. The van der Waals surface area contributed by atoms with E-state index in [-0.39, 0.29) is 18.1 Å². The summed E-state index contributed by atoms with van der Waals surface area (Å²) in [6.45, 7) is 5.33. The van der Waals surface area contributed by atoms with Gasteiger partial charge in [-0.25, -0.2) is 9.78 Å². The van der Waals surface area contributed by atoms with Crippen molar-refractivity contribution in [3.05, 3.63) is 59.4 Å². The second kappa shape index (κ2) is 9.21. The third-order valence-corrected chi connectivity index (χ3v) is 7.56. The Morgan fingerprint density at radius 2 is 1.74 bits per heavy atom. The van der Waals surface area contributed by atoms with Gasteiger partial charge in [0.15, 0.2) is 0 Å².